The van der Waals surface area contributed by atoms with E-state index in [2.05, 4.69) is 52.4 Å². The zero-order chi connectivity index (χ0) is 14.8. The monoisotopic (exact) mass is 356 g/mol. The second-order valence-corrected chi connectivity index (χ2v) is 7.51. The number of nitrogens with one attached hydrogen (secondary N) is 1. The molecule has 2 rings (SSSR count). The van der Waals surface area contributed by atoms with Crippen LogP contribution in [0.15, 0.2) is 28.1 Å². The van der Waals surface area contributed by atoms with Gasteiger partial charge in [0.15, 0.2) is 0 Å². The van der Waals surface area contributed by atoms with Crippen LogP contribution in [0.4, 0.5) is 4.39 Å². The molecule has 0 atom stereocenters. The Morgan fingerprint density at radius 2 is 2.05 bits per heavy atom. The Kier molecular flexibility index (Phi) is 4.94. The van der Waals surface area contributed by atoms with Crippen LogP contribution in [0.1, 0.15) is 37.0 Å². The molecule has 0 aliphatic rings. The van der Waals surface area contributed by atoms with Crippen LogP contribution in [0.3, 0.4) is 0 Å². The van der Waals surface area contributed by atoms with Gasteiger partial charge < -0.3 is 5.32 Å². The SMILES string of the molecule is CC(C)(C)c1csc(CNCc2cc(F)ccc2Br)n1. The highest BCUT2D eigenvalue weighted by Crippen LogP contribution is 2.24. The van der Waals surface area contributed by atoms with Crippen LogP contribution < -0.4 is 5.32 Å². The van der Waals surface area contributed by atoms with Crippen molar-refractivity contribution in [3.63, 3.8) is 0 Å². The first-order valence-electron chi connectivity index (χ1n) is 6.46. The fraction of sp³-hybridized carbons (Fsp3) is 0.400. The average molecular weight is 357 g/mol. The van der Waals surface area contributed by atoms with E-state index in [-0.39, 0.29) is 11.2 Å². The lowest BCUT2D eigenvalue weighted by Gasteiger charge is -2.14. The summed E-state index contributed by atoms with van der Waals surface area (Å²) in [4.78, 5) is 4.62. The van der Waals surface area contributed by atoms with Gasteiger partial charge in [0.1, 0.15) is 10.8 Å². The number of halogens is 2. The largest absolute Gasteiger partial charge is 0.306 e. The fourth-order valence-corrected chi connectivity index (χ4v) is 3.10. The van der Waals surface area contributed by atoms with Crippen LogP contribution in [-0.2, 0) is 18.5 Å². The second kappa shape index (κ2) is 6.33. The van der Waals surface area contributed by atoms with Crippen molar-refractivity contribution in [2.75, 3.05) is 0 Å². The predicted octanol–water partition coefficient (Wildman–Crippen LogP) is 4.63. The molecule has 0 radical (unpaired) electrons. The molecule has 1 aromatic carbocycles. The van der Waals surface area contributed by atoms with E-state index in [4.69, 9.17) is 0 Å². The Hall–Kier alpha value is -0.780. The third-order valence-corrected chi connectivity index (χ3v) is 4.54. The maximum absolute atomic E-state index is 13.2. The lowest BCUT2D eigenvalue weighted by atomic mass is 9.93. The summed E-state index contributed by atoms with van der Waals surface area (Å²) in [6, 6.07) is 4.72. The lowest BCUT2D eigenvalue weighted by molar-refractivity contribution is 0.568. The van der Waals surface area contributed by atoms with E-state index in [1.54, 1.807) is 23.5 Å². The standard InChI is InChI=1S/C15H18BrFN2S/c1-15(2,3)13-9-20-14(19-13)8-18-7-10-6-11(17)4-5-12(10)16/h4-6,9,18H,7-8H2,1-3H3. The Bertz CT molecular complexity index is 590. The molecule has 5 heteroatoms. The number of aromatic nitrogens is 1. The van der Waals surface area contributed by atoms with Crippen LogP contribution in [-0.4, -0.2) is 4.98 Å². The van der Waals surface area contributed by atoms with Crippen molar-refractivity contribution in [1.82, 2.24) is 10.3 Å². The van der Waals surface area contributed by atoms with Crippen molar-refractivity contribution in [2.45, 2.75) is 39.3 Å². The van der Waals surface area contributed by atoms with Crippen molar-refractivity contribution < 1.29 is 4.39 Å². The van der Waals surface area contributed by atoms with Crippen LogP contribution in [0.25, 0.3) is 0 Å². The van der Waals surface area contributed by atoms with E-state index in [0.717, 1.165) is 20.7 Å². The summed E-state index contributed by atoms with van der Waals surface area (Å²) < 4.78 is 14.1. The quantitative estimate of drug-likeness (QED) is 0.863. The van der Waals surface area contributed by atoms with E-state index in [1.807, 2.05) is 0 Å². The van der Waals surface area contributed by atoms with E-state index in [0.29, 0.717) is 13.1 Å². The molecule has 1 heterocycles. The Balaban J connectivity index is 1.93. The minimum absolute atomic E-state index is 0.0837. The summed E-state index contributed by atoms with van der Waals surface area (Å²) in [6.07, 6.45) is 0. The zero-order valence-corrected chi connectivity index (χ0v) is 14.2. The fourth-order valence-electron chi connectivity index (χ4n) is 1.72. The number of rotatable bonds is 4. The topological polar surface area (TPSA) is 24.9 Å². The Morgan fingerprint density at radius 3 is 2.70 bits per heavy atom. The first-order chi connectivity index (χ1) is 9.36. The number of thiazole rings is 1. The normalized spacial score (nSPS) is 11.8. The molecule has 0 unspecified atom stereocenters. The van der Waals surface area contributed by atoms with Crippen LogP contribution in [0, 0.1) is 5.82 Å². The van der Waals surface area contributed by atoms with Gasteiger partial charge >= 0.3 is 0 Å². The molecular formula is C15H18BrFN2S. The van der Waals surface area contributed by atoms with Gasteiger partial charge in [-0.1, -0.05) is 36.7 Å². The molecule has 0 aliphatic heterocycles. The molecule has 20 heavy (non-hydrogen) atoms. The minimum Gasteiger partial charge on any atom is -0.306 e. The molecule has 0 bridgehead atoms. The van der Waals surface area contributed by atoms with Crippen molar-refractivity contribution >= 4 is 27.3 Å². The highest BCUT2D eigenvalue weighted by atomic mass is 79.9. The van der Waals surface area contributed by atoms with Gasteiger partial charge in [-0.3, -0.25) is 0 Å². The maximum Gasteiger partial charge on any atom is 0.123 e. The molecule has 0 saturated heterocycles. The van der Waals surface area contributed by atoms with E-state index < -0.39 is 0 Å². The predicted molar refractivity (Wildman–Crippen MR) is 85.5 cm³/mol. The van der Waals surface area contributed by atoms with Crippen molar-refractivity contribution in [3.05, 3.63) is 50.1 Å². The van der Waals surface area contributed by atoms with Gasteiger partial charge in [0.25, 0.3) is 0 Å². The van der Waals surface area contributed by atoms with Gasteiger partial charge in [-0.05, 0) is 23.8 Å². The summed E-state index contributed by atoms with van der Waals surface area (Å²) in [5.74, 6) is -0.214. The zero-order valence-electron chi connectivity index (χ0n) is 11.8. The molecule has 108 valence electrons. The molecule has 2 aromatic rings. The molecule has 0 saturated carbocycles. The first-order valence-corrected chi connectivity index (χ1v) is 8.13. The third-order valence-electron chi connectivity index (χ3n) is 2.92. The van der Waals surface area contributed by atoms with Crippen molar-refractivity contribution in [1.29, 1.82) is 0 Å². The lowest BCUT2D eigenvalue weighted by Crippen LogP contribution is -2.15. The highest BCUT2D eigenvalue weighted by molar-refractivity contribution is 9.10. The molecule has 1 aromatic heterocycles. The summed E-state index contributed by atoms with van der Waals surface area (Å²) in [6.45, 7) is 7.78. The van der Waals surface area contributed by atoms with Gasteiger partial charge in [0.2, 0.25) is 0 Å². The Labute approximate surface area is 131 Å². The smallest absolute Gasteiger partial charge is 0.123 e. The summed E-state index contributed by atoms with van der Waals surface area (Å²) >= 11 is 5.09. The van der Waals surface area contributed by atoms with Gasteiger partial charge in [0.05, 0.1) is 5.69 Å². The van der Waals surface area contributed by atoms with Crippen LogP contribution in [0.5, 0.6) is 0 Å². The van der Waals surface area contributed by atoms with Gasteiger partial charge in [-0.2, -0.15) is 0 Å². The second-order valence-electron chi connectivity index (χ2n) is 5.72. The highest BCUT2D eigenvalue weighted by Gasteiger charge is 2.17. The average Bonchev–Trinajstić information content (AvgIpc) is 2.82. The number of nitrogens with zero attached hydrogens (tertiary/aromatic N) is 1. The summed E-state index contributed by atoms with van der Waals surface area (Å²) in [5, 5.41) is 6.47. The van der Waals surface area contributed by atoms with Crippen molar-refractivity contribution in [2.24, 2.45) is 0 Å². The van der Waals surface area contributed by atoms with E-state index >= 15 is 0 Å². The number of hydrogen-bond donors (Lipinski definition) is 1. The minimum atomic E-state index is -0.214. The van der Waals surface area contributed by atoms with Crippen LogP contribution >= 0.6 is 27.3 Å². The molecular weight excluding hydrogens is 339 g/mol. The van der Waals surface area contributed by atoms with Gasteiger partial charge in [-0.15, -0.1) is 11.3 Å². The van der Waals surface area contributed by atoms with Gasteiger partial charge in [0, 0.05) is 28.4 Å². The summed E-state index contributed by atoms with van der Waals surface area (Å²) in [5.41, 5.74) is 2.11. The molecule has 1 N–H and O–H groups in total. The van der Waals surface area contributed by atoms with E-state index in [9.17, 15) is 4.39 Å². The molecule has 0 spiro atoms. The van der Waals surface area contributed by atoms with Crippen LogP contribution in [0.2, 0.25) is 0 Å². The van der Waals surface area contributed by atoms with E-state index in [1.165, 1.54) is 6.07 Å². The number of benzene rings is 1. The van der Waals surface area contributed by atoms with Gasteiger partial charge in [-0.25, -0.2) is 9.37 Å². The molecule has 2 nitrogen and oxygen atoms in total. The maximum atomic E-state index is 13.2. The first kappa shape index (κ1) is 15.6. The van der Waals surface area contributed by atoms with Crippen molar-refractivity contribution in [3.8, 4) is 0 Å². The molecule has 0 fully saturated rings. The molecule has 0 amide bonds. The molecule has 0 aliphatic carbocycles. The third kappa shape index (κ3) is 4.11. The Morgan fingerprint density at radius 1 is 1.30 bits per heavy atom. The summed E-state index contributed by atoms with van der Waals surface area (Å²) in [7, 11) is 0. The number of hydrogen-bond acceptors (Lipinski definition) is 3.